The third-order valence-corrected chi connectivity index (χ3v) is 6.59. The predicted molar refractivity (Wildman–Crippen MR) is 93.2 cm³/mol. The first-order valence-corrected chi connectivity index (χ1v) is 9.62. The number of ether oxygens (including phenoxy) is 1. The minimum atomic E-state index is -3.96. The van der Waals surface area contributed by atoms with Crippen LogP contribution < -0.4 is 4.74 Å². The molecule has 27 heavy (non-hydrogen) atoms. The van der Waals surface area contributed by atoms with Gasteiger partial charge in [0.1, 0.15) is 16.5 Å². The maximum Gasteiger partial charge on any atom is 0.276 e. The number of hydrogen-bond donors (Lipinski definition) is 1. The van der Waals surface area contributed by atoms with Gasteiger partial charge in [-0.15, -0.1) is 0 Å². The number of amides is 1. The minimum absolute atomic E-state index is 0.0631. The molecule has 3 rings (SSSR count). The fourth-order valence-corrected chi connectivity index (χ4v) is 5.10. The van der Waals surface area contributed by atoms with Gasteiger partial charge in [-0.3, -0.25) is 4.79 Å². The van der Waals surface area contributed by atoms with Crippen LogP contribution in [0.15, 0.2) is 29.3 Å². The molecule has 11 heteroatoms. The number of halogens is 1. The second-order valence-corrected chi connectivity index (χ2v) is 8.60. The van der Waals surface area contributed by atoms with Gasteiger partial charge in [0.05, 0.1) is 13.3 Å². The van der Waals surface area contributed by atoms with E-state index >= 15 is 0 Å². The highest BCUT2D eigenvalue weighted by molar-refractivity contribution is 7.89. The fraction of sp³-hybridized carbons (Fsp3) is 0.438. The Morgan fingerprint density at radius 1 is 1.33 bits per heavy atom. The van der Waals surface area contributed by atoms with Crippen LogP contribution in [0.1, 0.15) is 24.3 Å². The molecule has 2 heterocycles. The van der Waals surface area contributed by atoms with Crippen LogP contribution in [0.2, 0.25) is 0 Å². The van der Waals surface area contributed by atoms with E-state index < -0.39 is 21.4 Å². The van der Waals surface area contributed by atoms with Crippen LogP contribution in [0.4, 0.5) is 4.39 Å². The lowest BCUT2D eigenvalue weighted by Crippen LogP contribution is -2.61. The SMILES string of the molecule is COc1cc(F)ccc1S(=O)(=O)N1CCN(C(=O)c2cn[nH]n2)CC1(C)C. The number of carbonyl (C=O) groups is 1. The van der Waals surface area contributed by atoms with Crippen LogP contribution >= 0.6 is 0 Å². The number of rotatable bonds is 4. The Morgan fingerprint density at radius 3 is 2.67 bits per heavy atom. The third kappa shape index (κ3) is 3.52. The molecule has 1 amide bonds. The number of sulfonamides is 1. The summed E-state index contributed by atoms with van der Waals surface area (Å²) in [6.07, 6.45) is 1.32. The molecule has 0 aliphatic carbocycles. The summed E-state index contributed by atoms with van der Waals surface area (Å²) in [5.74, 6) is -0.978. The molecule has 1 aromatic carbocycles. The average molecular weight is 397 g/mol. The van der Waals surface area contributed by atoms with E-state index in [9.17, 15) is 17.6 Å². The third-order valence-electron chi connectivity index (χ3n) is 4.44. The van der Waals surface area contributed by atoms with Crippen LogP contribution in [0.3, 0.4) is 0 Å². The highest BCUT2D eigenvalue weighted by Crippen LogP contribution is 2.33. The number of H-pyrrole nitrogens is 1. The summed E-state index contributed by atoms with van der Waals surface area (Å²) in [5.41, 5.74) is -0.724. The smallest absolute Gasteiger partial charge is 0.276 e. The maximum absolute atomic E-state index is 13.4. The molecule has 0 atom stereocenters. The zero-order valence-corrected chi connectivity index (χ0v) is 16.0. The van der Waals surface area contributed by atoms with Crippen molar-refractivity contribution in [3.05, 3.63) is 35.9 Å². The summed E-state index contributed by atoms with van der Waals surface area (Å²) < 4.78 is 46.2. The first-order chi connectivity index (χ1) is 12.7. The fourth-order valence-electron chi connectivity index (χ4n) is 3.20. The first kappa shape index (κ1) is 19.2. The van der Waals surface area contributed by atoms with Gasteiger partial charge in [0.15, 0.2) is 5.69 Å². The van der Waals surface area contributed by atoms with Crippen molar-refractivity contribution in [1.82, 2.24) is 24.6 Å². The van der Waals surface area contributed by atoms with Crippen molar-refractivity contribution >= 4 is 15.9 Å². The Morgan fingerprint density at radius 2 is 2.07 bits per heavy atom. The van der Waals surface area contributed by atoms with Crippen molar-refractivity contribution in [2.24, 2.45) is 0 Å². The van der Waals surface area contributed by atoms with Crippen molar-refractivity contribution in [2.75, 3.05) is 26.7 Å². The molecule has 146 valence electrons. The van der Waals surface area contributed by atoms with Crippen molar-refractivity contribution in [3.8, 4) is 5.75 Å². The van der Waals surface area contributed by atoms with E-state index in [-0.39, 0.29) is 41.9 Å². The van der Waals surface area contributed by atoms with Crippen LogP contribution in [-0.2, 0) is 10.0 Å². The van der Waals surface area contributed by atoms with Crippen LogP contribution in [0, 0.1) is 5.82 Å². The summed E-state index contributed by atoms with van der Waals surface area (Å²) in [4.78, 5) is 13.9. The number of nitrogens with one attached hydrogen (secondary N) is 1. The number of aromatic amines is 1. The monoisotopic (exact) mass is 397 g/mol. The molecule has 1 aliphatic rings. The lowest BCUT2D eigenvalue weighted by atomic mass is 10.0. The number of nitrogens with zero attached hydrogens (tertiary/aromatic N) is 4. The molecular formula is C16H20FN5O4S. The van der Waals surface area contributed by atoms with Crippen molar-refractivity contribution < 1.29 is 22.3 Å². The highest BCUT2D eigenvalue weighted by Gasteiger charge is 2.44. The summed E-state index contributed by atoms with van der Waals surface area (Å²) in [5, 5.41) is 9.78. The van der Waals surface area contributed by atoms with E-state index in [1.165, 1.54) is 28.6 Å². The van der Waals surface area contributed by atoms with Gasteiger partial charge < -0.3 is 9.64 Å². The molecule has 0 radical (unpaired) electrons. The van der Waals surface area contributed by atoms with Crippen molar-refractivity contribution in [1.29, 1.82) is 0 Å². The summed E-state index contributed by atoms with van der Waals surface area (Å²) in [6, 6.07) is 3.30. The van der Waals surface area contributed by atoms with Gasteiger partial charge in [0.25, 0.3) is 5.91 Å². The van der Waals surface area contributed by atoms with E-state index in [0.29, 0.717) is 0 Å². The van der Waals surface area contributed by atoms with Crippen molar-refractivity contribution in [2.45, 2.75) is 24.3 Å². The molecule has 1 aromatic heterocycles. The second kappa shape index (κ2) is 6.89. The largest absolute Gasteiger partial charge is 0.495 e. The van der Waals surface area contributed by atoms with Crippen LogP contribution in [0.25, 0.3) is 0 Å². The molecule has 2 aromatic rings. The van der Waals surface area contributed by atoms with Gasteiger partial charge in [0, 0.05) is 31.2 Å². The van der Waals surface area contributed by atoms with Gasteiger partial charge in [0.2, 0.25) is 10.0 Å². The van der Waals surface area contributed by atoms with Gasteiger partial charge in [-0.1, -0.05) is 0 Å². The number of methoxy groups -OCH3 is 1. The van der Waals surface area contributed by atoms with Gasteiger partial charge in [-0.25, -0.2) is 12.8 Å². The Hall–Kier alpha value is -2.53. The summed E-state index contributed by atoms with van der Waals surface area (Å²) in [6.45, 7) is 3.89. The Labute approximate surface area is 156 Å². The maximum atomic E-state index is 13.4. The zero-order chi connectivity index (χ0) is 19.8. The summed E-state index contributed by atoms with van der Waals surface area (Å²) in [7, 11) is -2.68. The predicted octanol–water partition coefficient (Wildman–Crippen LogP) is 0.878. The quantitative estimate of drug-likeness (QED) is 0.820. The van der Waals surface area contributed by atoms with E-state index in [0.717, 1.165) is 12.1 Å². The number of benzene rings is 1. The standard InChI is InChI=1S/C16H20FN5O4S/c1-16(2)10-21(15(23)12-9-18-20-19-12)6-7-22(16)27(24,25)14-5-4-11(17)8-13(14)26-3/h4-5,8-9H,6-7,10H2,1-3H3,(H,18,19,20). The Kier molecular flexibility index (Phi) is 4.91. The lowest BCUT2D eigenvalue weighted by Gasteiger charge is -2.45. The van der Waals surface area contributed by atoms with Gasteiger partial charge >= 0.3 is 0 Å². The molecule has 0 spiro atoms. The minimum Gasteiger partial charge on any atom is -0.495 e. The number of piperazine rings is 1. The number of carbonyl (C=O) groups excluding carboxylic acids is 1. The molecular weight excluding hydrogens is 377 g/mol. The molecule has 0 saturated carbocycles. The van der Waals surface area contributed by atoms with Crippen LogP contribution in [-0.4, -0.2) is 71.2 Å². The normalized spacial score (nSPS) is 17.7. The second-order valence-electron chi connectivity index (χ2n) is 6.77. The highest BCUT2D eigenvalue weighted by atomic mass is 32.2. The topological polar surface area (TPSA) is 108 Å². The zero-order valence-electron chi connectivity index (χ0n) is 15.1. The first-order valence-electron chi connectivity index (χ1n) is 8.18. The number of hydrogen-bond acceptors (Lipinski definition) is 6. The van der Waals surface area contributed by atoms with Gasteiger partial charge in [-0.05, 0) is 26.0 Å². The molecule has 1 N–H and O–H groups in total. The van der Waals surface area contributed by atoms with Gasteiger partial charge in [-0.2, -0.15) is 19.7 Å². The average Bonchev–Trinajstić information content (AvgIpc) is 3.14. The van der Waals surface area contributed by atoms with E-state index in [2.05, 4.69) is 15.4 Å². The molecule has 9 nitrogen and oxygen atoms in total. The molecule has 1 aliphatic heterocycles. The molecule has 0 unspecified atom stereocenters. The summed E-state index contributed by atoms with van der Waals surface area (Å²) >= 11 is 0. The molecule has 1 saturated heterocycles. The molecule has 1 fully saturated rings. The molecule has 0 bridgehead atoms. The number of aromatic nitrogens is 3. The van der Waals surface area contributed by atoms with E-state index in [1.54, 1.807) is 13.8 Å². The van der Waals surface area contributed by atoms with E-state index in [1.807, 2.05) is 0 Å². The van der Waals surface area contributed by atoms with Crippen molar-refractivity contribution in [3.63, 3.8) is 0 Å². The van der Waals surface area contributed by atoms with Crippen LogP contribution in [0.5, 0.6) is 5.75 Å². The van der Waals surface area contributed by atoms with E-state index in [4.69, 9.17) is 4.74 Å². The Balaban J connectivity index is 1.89. The Bertz CT molecular complexity index is 946. The lowest BCUT2D eigenvalue weighted by molar-refractivity contribution is 0.0489.